The Balaban J connectivity index is 2.48. The number of nitrogens with one attached hydrogen (secondary N) is 1. The van der Waals surface area contributed by atoms with Gasteiger partial charge in [-0.2, -0.15) is 15.6 Å². The van der Waals surface area contributed by atoms with Crippen LogP contribution in [0.3, 0.4) is 0 Å². The summed E-state index contributed by atoms with van der Waals surface area (Å²) in [4.78, 5) is 4.16. The second kappa shape index (κ2) is 5.13. The van der Waals surface area contributed by atoms with Crippen molar-refractivity contribution in [3.05, 3.63) is 35.5 Å². The lowest BCUT2D eigenvalue weighted by molar-refractivity contribution is 1.34. The van der Waals surface area contributed by atoms with E-state index in [0.29, 0.717) is 16.2 Å². The number of pyridine rings is 1. The summed E-state index contributed by atoms with van der Waals surface area (Å²) in [6.45, 7) is 0. The largest absolute Gasteiger partial charge is 0.276 e. The molecule has 2 aromatic rings. The molecule has 86 valence electrons. The fourth-order valence-corrected chi connectivity index (χ4v) is 1.64. The molecule has 1 heterocycles. The molecule has 2 rings (SSSR count). The first-order valence-corrected chi connectivity index (χ1v) is 5.31. The first kappa shape index (κ1) is 11.8. The van der Waals surface area contributed by atoms with E-state index < -0.39 is 0 Å². The molecule has 0 amide bonds. The minimum atomic E-state index is -0.248. The van der Waals surface area contributed by atoms with Gasteiger partial charge in [-0.3, -0.25) is 10.4 Å². The Labute approximate surface area is 108 Å². The van der Waals surface area contributed by atoms with E-state index in [1.807, 2.05) is 6.07 Å². The number of rotatable bonds is 2. The van der Waals surface area contributed by atoms with Crippen LogP contribution in [0.4, 0.5) is 5.69 Å². The van der Waals surface area contributed by atoms with Crippen molar-refractivity contribution in [2.45, 2.75) is 0 Å². The van der Waals surface area contributed by atoms with Gasteiger partial charge in [-0.1, -0.05) is 11.6 Å². The molecule has 1 N–H and O–H groups in total. The summed E-state index contributed by atoms with van der Waals surface area (Å²) < 4.78 is 0. The van der Waals surface area contributed by atoms with Crippen LogP contribution in [-0.2, 0) is 0 Å². The van der Waals surface area contributed by atoms with Gasteiger partial charge in [0.1, 0.15) is 12.1 Å². The van der Waals surface area contributed by atoms with Crippen LogP contribution < -0.4 is 5.43 Å². The zero-order valence-electron chi connectivity index (χ0n) is 9.05. The van der Waals surface area contributed by atoms with Crippen molar-refractivity contribution < 1.29 is 0 Å². The number of hydrogen-bond acceptors (Lipinski definition) is 5. The molecular weight excluding hydrogens is 250 g/mol. The van der Waals surface area contributed by atoms with Crippen LogP contribution in [0.25, 0.3) is 10.9 Å². The van der Waals surface area contributed by atoms with Gasteiger partial charge >= 0.3 is 0 Å². The summed E-state index contributed by atoms with van der Waals surface area (Å²) in [5, 5.41) is 22.1. The Morgan fingerprint density at radius 3 is 2.78 bits per heavy atom. The SMILES string of the molecule is N#CC(C#N)=NNc1ccc(Cl)c2ncccc12. The second-order valence-electron chi connectivity index (χ2n) is 3.29. The molecule has 0 aliphatic carbocycles. The third-order valence-corrected chi connectivity index (χ3v) is 2.53. The normalized spacial score (nSPS) is 9.28. The molecule has 0 bridgehead atoms. The van der Waals surface area contributed by atoms with Crippen molar-refractivity contribution in [2.75, 3.05) is 5.43 Å². The summed E-state index contributed by atoms with van der Waals surface area (Å²) in [5.41, 5.74) is 3.68. The summed E-state index contributed by atoms with van der Waals surface area (Å²) in [5.74, 6) is 0. The number of hydrogen-bond donors (Lipinski definition) is 1. The lowest BCUT2D eigenvalue weighted by Crippen LogP contribution is -1.97. The molecule has 0 atom stereocenters. The van der Waals surface area contributed by atoms with Crippen molar-refractivity contribution in [1.29, 1.82) is 10.5 Å². The van der Waals surface area contributed by atoms with Crippen molar-refractivity contribution >= 4 is 33.9 Å². The van der Waals surface area contributed by atoms with Crippen LogP contribution in [-0.4, -0.2) is 10.7 Å². The van der Waals surface area contributed by atoms with Crippen molar-refractivity contribution in [3.63, 3.8) is 0 Å². The second-order valence-corrected chi connectivity index (χ2v) is 3.70. The third kappa shape index (κ3) is 2.22. The average Bonchev–Trinajstić information content (AvgIpc) is 2.42. The van der Waals surface area contributed by atoms with E-state index in [9.17, 15) is 0 Å². The molecule has 1 aromatic carbocycles. The molecule has 6 heteroatoms. The molecule has 0 unspecified atom stereocenters. The van der Waals surface area contributed by atoms with Gasteiger partial charge in [-0.15, -0.1) is 0 Å². The fraction of sp³-hybridized carbons (Fsp3) is 0. The molecule has 1 aromatic heterocycles. The highest BCUT2D eigenvalue weighted by atomic mass is 35.5. The Kier molecular flexibility index (Phi) is 3.38. The summed E-state index contributed by atoms with van der Waals surface area (Å²) >= 11 is 6.02. The summed E-state index contributed by atoms with van der Waals surface area (Å²) in [7, 11) is 0. The first-order chi connectivity index (χ1) is 8.76. The highest BCUT2D eigenvalue weighted by Crippen LogP contribution is 2.27. The maximum atomic E-state index is 8.58. The van der Waals surface area contributed by atoms with Gasteiger partial charge in [0.2, 0.25) is 5.71 Å². The van der Waals surface area contributed by atoms with Gasteiger partial charge in [0.25, 0.3) is 0 Å². The van der Waals surface area contributed by atoms with Crippen LogP contribution in [0.1, 0.15) is 0 Å². The van der Waals surface area contributed by atoms with E-state index in [-0.39, 0.29) is 5.71 Å². The maximum Gasteiger partial charge on any atom is 0.237 e. The zero-order chi connectivity index (χ0) is 13.0. The number of fused-ring (bicyclic) bond motifs is 1. The molecule has 0 saturated heterocycles. The van der Waals surface area contributed by atoms with E-state index in [4.69, 9.17) is 22.1 Å². The van der Waals surface area contributed by atoms with Gasteiger partial charge < -0.3 is 0 Å². The van der Waals surface area contributed by atoms with E-state index >= 15 is 0 Å². The number of halogens is 1. The molecule has 18 heavy (non-hydrogen) atoms. The Hall–Kier alpha value is -2.63. The van der Waals surface area contributed by atoms with Crippen LogP contribution in [0.15, 0.2) is 35.6 Å². The van der Waals surface area contributed by atoms with Crippen LogP contribution in [0.5, 0.6) is 0 Å². The van der Waals surface area contributed by atoms with Crippen LogP contribution in [0.2, 0.25) is 5.02 Å². The van der Waals surface area contributed by atoms with Crippen molar-refractivity contribution in [2.24, 2.45) is 5.10 Å². The number of hydrazone groups is 1. The molecule has 0 aliphatic heterocycles. The molecule has 0 spiro atoms. The topological polar surface area (TPSA) is 84.9 Å². The Morgan fingerprint density at radius 2 is 2.06 bits per heavy atom. The quantitative estimate of drug-likeness (QED) is 0.660. The van der Waals surface area contributed by atoms with Crippen LogP contribution in [0, 0.1) is 22.7 Å². The Morgan fingerprint density at radius 1 is 1.28 bits per heavy atom. The predicted molar refractivity (Wildman–Crippen MR) is 69.0 cm³/mol. The standard InChI is InChI=1S/C12H6ClN5/c13-10-3-4-11(18-17-8(6-14)7-15)9-2-1-5-16-12(9)10/h1-5,18H. The van der Waals surface area contributed by atoms with Gasteiger partial charge in [0.15, 0.2) is 0 Å². The number of anilines is 1. The molecule has 0 radical (unpaired) electrons. The summed E-state index contributed by atoms with van der Waals surface area (Å²) in [6.07, 6.45) is 1.64. The molecular formula is C12H6ClN5. The van der Waals surface area contributed by atoms with Crippen molar-refractivity contribution in [1.82, 2.24) is 4.98 Å². The highest BCUT2D eigenvalue weighted by molar-refractivity contribution is 6.35. The van der Waals surface area contributed by atoms with E-state index in [1.54, 1.807) is 36.5 Å². The van der Waals surface area contributed by atoms with Crippen molar-refractivity contribution in [3.8, 4) is 12.1 Å². The minimum Gasteiger partial charge on any atom is -0.276 e. The molecule has 0 fully saturated rings. The van der Waals surface area contributed by atoms with E-state index in [0.717, 1.165) is 5.39 Å². The Bertz CT molecular complexity index is 692. The molecule has 0 aliphatic rings. The van der Waals surface area contributed by atoms with Gasteiger partial charge in [0.05, 0.1) is 16.2 Å². The van der Waals surface area contributed by atoms with E-state index in [2.05, 4.69) is 15.5 Å². The lowest BCUT2D eigenvalue weighted by atomic mass is 10.2. The summed E-state index contributed by atoms with van der Waals surface area (Å²) in [6, 6.07) is 10.3. The molecule has 5 nitrogen and oxygen atoms in total. The number of nitriles is 2. The predicted octanol–water partition coefficient (Wildman–Crippen LogP) is 2.70. The zero-order valence-corrected chi connectivity index (χ0v) is 9.81. The van der Waals surface area contributed by atoms with Gasteiger partial charge in [-0.05, 0) is 24.3 Å². The third-order valence-electron chi connectivity index (χ3n) is 2.22. The van der Waals surface area contributed by atoms with Gasteiger partial charge in [-0.25, -0.2) is 0 Å². The smallest absolute Gasteiger partial charge is 0.237 e. The maximum absolute atomic E-state index is 8.58. The monoisotopic (exact) mass is 255 g/mol. The lowest BCUT2D eigenvalue weighted by Gasteiger charge is -2.05. The van der Waals surface area contributed by atoms with Gasteiger partial charge in [0, 0.05) is 11.6 Å². The minimum absolute atomic E-state index is 0.248. The number of aromatic nitrogens is 1. The highest BCUT2D eigenvalue weighted by Gasteiger charge is 2.05. The first-order valence-electron chi connectivity index (χ1n) is 4.93. The fourth-order valence-electron chi connectivity index (χ4n) is 1.43. The average molecular weight is 256 g/mol. The van der Waals surface area contributed by atoms with Crippen LogP contribution >= 0.6 is 11.6 Å². The molecule has 0 saturated carbocycles. The number of benzene rings is 1. The van der Waals surface area contributed by atoms with E-state index in [1.165, 1.54) is 0 Å². The number of nitrogens with zero attached hydrogens (tertiary/aromatic N) is 4.